The van der Waals surface area contributed by atoms with E-state index in [0.717, 1.165) is 16.7 Å². The third-order valence-corrected chi connectivity index (χ3v) is 7.76. The topological polar surface area (TPSA) is 130 Å². The number of benzene rings is 4. The van der Waals surface area contributed by atoms with Crippen molar-refractivity contribution in [3.05, 3.63) is 143 Å². The molecule has 0 bridgehead atoms. The number of aliphatic hydroxyl groups excluding tert-OH is 1. The third-order valence-electron chi connectivity index (χ3n) is 7.76. The fourth-order valence-corrected chi connectivity index (χ4v) is 5.38. The summed E-state index contributed by atoms with van der Waals surface area (Å²) in [6.07, 6.45) is 0.818. The number of carbonyl (C=O) groups is 3. The van der Waals surface area contributed by atoms with Crippen LogP contribution in [0.15, 0.2) is 109 Å². The van der Waals surface area contributed by atoms with Crippen LogP contribution in [-0.2, 0) is 20.1 Å². The summed E-state index contributed by atoms with van der Waals surface area (Å²) in [4.78, 5) is 35.8. The van der Waals surface area contributed by atoms with Gasteiger partial charge in [0, 0.05) is 30.4 Å². The predicted octanol–water partition coefficient (Wildman–Crippen LogP) is 6.56. The number of hydrogen-bond acceptors (Lipinski definition) is 6. The number of ether oxygens (including phenoxy) is 1. The molecule has 3 atom stereocenters. The molecule has 4 N–H and O–H groups in total. The molecule has 4 aromatic rings. The van der Waals surface area contributed by atoms with Crippen molar-refractivity contribution in [2.75, 3.05) is 13.2 Å². The Bertz CT molecular complexity index is 1590. The van der Waals surface area contributed by atoms with E-state index in [9.17, 15) is 23.2 Å². The molecule has 2 aliphatic heterocycles. The maximum Gasteiger partial charge on any atom is 0.303 e. The third kappa shape index (κ3) is 9.38. The number of rotatable bonds is 8. The van der Waals surface area contributed by atoms with E-state index in [4.69, 9.17) is 20.7 Å². The van der Waals surface area contributed by atoms with Gasteiger partial charge in [-0.15, -0.1) is 0 Å². The van der Waals surface area contributed by atoms with Crippen LogP contribution in [0.25, 0.3) is 0 Å². The lowest BCUT2D eigenvalue weighted by Gasteiger charge is -2.33. The van der Waals surface area contributed by atoms with E-state index in [0.29, 0.717) is 25.0 Å². The van der Waals surface area contributed by atoms with Crippen LogP contribution in [0, 0.1) is 11.6 Å². The first-order chi connectivity index (χ1) is 22.1. The van der Waals surface area contributed by atoms with Gasteiger partial charge in [0.2, 0.25) is 5.91 Å². The Hall–Kier alpha value is -4.77. The van der Waals surface area contributed by atoms with Crippen LogP contribution in [0.4, 0.5) is 8.78 Å². The van der Waals surface area contributed by atoms with Gasteiger partial charge in [0.05, 0.1) is 31.7 Å². The zero-order valence-electron chi connectivity index (χ0n) is 25.1. The van der Waals surface area contributed by atoms with Crippen LogP contribution in [0.5, 0.6) is 0 Å². The van der Waals surface area contributed by atoms with Crippen molar-refractivity contribution in [1.29, 1.82) is 0 Å². The van der Waals surface area contributed by atoms with E-state index in [1.54, 1.807) is 12.1 Å². The van der Waals surface area contributed by atoms with E-state index < -0.39 is 17.5 Å². The van der Waals surface area contributed by atoms with Crippen LogP contribution >= 0.6 is 0 Å². The number of carboxylic acids is 1. The average Bonchev–Trinajstić information content (AvgIpc) is 3.64. The van der Waals surface area contributed by atoms with Crippen molar-refractivity contribution in [3.63, 3.8) is 0 Å². The van der Waals surface area contributed by atoms with Crippen molar-refractivity contribution >= 4 is 17.7 Å². The highest BCUT2D eigenvalue weighted by Gasteiger charge is 2.55. The summed E-state index contributed by atoms with van der Waals surface area (Å²) < 4.78 is 31.8. The zero-order valence-corrected chi connectivity index (χ0v) is 25.1. The zero-order chi connectivity index (χ0) is 33.1. The van der Waals surface area contributed by atoms with Gasteiger partial charge in [0.15, 0.2) is 11.5 Å². The lowest BCUT2D eigenvalue weighted by atomic mass is 9.99. The van der Waals surface area contributed by atoms with Crippen LogP contribution < -0.4 is 5.73 Å². The smallest absolute Gasteiger partial charge is 0.303 e. The Kier molecular flexibility index (Phi) is 13.5. The minimum Gasteiger partial charge on any atom is -0.481 e. The monoisotopic (exact) mass is 646 g/mol. The molecule has 0 aliphatic carbocycles. The van der Waals surface area contributed by atoms with Crippen molar-refractivity contribution in [2.45, 2.75) is 50.9 Å². The molecule has 1 amide bonds. The van der Waals surface area contributed by atoms with E-state index in [1.165, 1.54) is 36.4 Å². The lowest BCUT2D eigenvalue weighted by molar-refractivity contribution is -0.140. The molecule has 248 valence electrons. The Balaban J connectivity index is 0.000000208. The van der Waals surface area contributed by atoms with E-state index in [2.05, 4.69) is 0 Å². The molecule has 10 heteroatoms. The number of Topliss-reactive ketones (excluding diaryl/α,β-unsaturated/α-hetero) is 1. The summed E-state index contributed by atoms with van der Waals surface area (Å²) in [6, 6.07) is 30.5. The number of carboxylic acid groups (broad SMARTS) is 1. The predicted molar refractivity (Wildman–Crippen MR) is 174 cm³/mol. The summed E-state index contributed by atoms with van der Waals surface area (Å²) in [5.41, 5.74) is 8.03. The van der Waals surface area contributed by atoms with Crippen molar-refractivity contribution in [3.8, 4) is 0 Å². The fourth-order valence-electron chi connectivity index (χ4n) is 5.38. The standard InChI is InChI=1S/C18H16FNO2.C10H9FO3.C8H11NO.CH4/c19-15-8-6-14(7-9-15)18-11-10-17(21)20(18)16(12-22-18)13-4-2-1-3-5-13;11-8-3-1-7(2-4-8)9(12)5-6-10(13)14;9-8(6-10)7-4-2-1-3-5-7;/h1-9,16H,10-12H2;1-4H,5-6H2,(H,13,14);1-5,8,10H,6,9H2;1H4/t16-,18+;;8-;/m0.0./s1. The molecule has 0 saturated carbocycles. The molecule has 2 aliphatic rings. The SMILES string of the molecule is C.N[C@@H](CO)c1ccccc1.O=C(O)CCC(=O)c1ccc(F)cc1.O=C1CC[C@]2(c3ccc(F)cc3)OC[C@@H](c3ccccc3)N12. The molecule has 2 heterocycles. The lowest BCUT2D eigenvalue weighted by Crippen LogP contribution is -2.40. The summed E-state index contributed by atoms with van der Waals surface area (Å²) >= 11 is 0. The first-order valence-electron chi connectivity index (χ1n) is 14.8. The van der Waals surface area contributed by atoms with Crippen LogP contribution in [0.2, 0.25) is 0 Å². The highest BCUT2D eigenvalue weighted by atomic mass is 19.1. The Labute approximate surface area is 273 Å². The number of carbonyl (C=O) groups excluding carboxylic acids is 2. The minimum absolute atomic E-state index is 0. The number of ketones is 1. The van der Waals surface area contributed by atoms with Crippen LogP contribution in [-0.4, -0.2) is 46.0 Å². The number of aliphatic carboxylic acids is 1. The maximum absolute atomic E-state index is 13.2. The highest BCUT2D eigenvalue weighted by Crippen LogP contribution is 2.50. The molecule has 4 aromatic carbocycles. The molecule has 0 spiro atoms. The van der Waals surface area contributed by atoms with Crippen molar-refractivity contribution in [2.24, 2.45) is 5.73 Å². The van der Waals surface area contributed by atoms with Gasteiger partial charge in [0.25, 0.3) is 0 Å². The van der Waals surface area contributed by atoms with Gasteiger partial charge < -0.3 is 25.6 Å². The quantitative estimate of drug-likeness (QED) is 0.185. The summed E-state index contributed by atoms with van der Waals surface area (Å²) in [7, 11) is 0. The van der Waals surface area contributed by atoms with E-state index in [1.807, 2.05) is 65.6 Å². The van der Waals surface area contributed by atoms with Gasteiger partial charge in [-0.2, -0.15) is 0 Å². The molecule has 2 saturated heterocycles. The summed E-state index contributed by atoms with van der Waals surface area (Å²) in [5.74, 6) is -1.91. The van der Waals surface area contributed by atoms with Gasteiger partial charge in [-0.05, 0) is 47.5 Å². The molecule has 8 nitrogen and oxygen atoms in total. The second-order valence-electron chi connectivity index (χ2n) is 10.8. The van der Waals surface area contributed by atoms with Crippen molar-refractivity contribution < 1.29 is 38.1 Å². The molecule has 2 fully saturated rings. The largest absolute Gasteiger partial charge is 0.481 e. The molecule has 47 heavy (non-hydrogen) atoms. The highest BCUT2D eigenvalue weighted by molar-refractivity contribution is 5.97. The fraction of sp³-hybridized carbons (Fsp3) is 0.270. The first-order valence-corrected chi connectivity index (χ1v) is 14.8. The Morgan fingerprint density at radius 1 is 0.872 bits per heavy atom. The maximum atomic E-state index is 13.2. The van der Waals surface area contributed by atoms with Crippen molar-refractivity contribution in [1.82, 2.24) is 4.90 Å². The molecule has 0 unspecified atom stereocenters. The van der Waals surface area contributed by atoms with Gasteiger partial charge in [0.1, 0.15) is 11.6 Å². The number of fused-ring (bicyclic) bond motifs is 1. The number of halogens is 2. The Morgan fingerprint density at radius 2 is 1.43 bits per heavy atom. The number of nitrogens with zero attached hydrogens (tertiary/aromatic N) is 1. The number of amides is 1. The van der Waals surface area contributed by atoms with E-state index in [-0.39, 0.29) is 56.5 Å². The summed E-state index contributed by atoms with van der Waals surface area (Å²) in [5, 5.41) is 17.0. The second-order valence-corrected chi connectivity index (χ2v) is 10.8. The van der Waals surface area contributed by atoms with E-state index >= 15 is 0 Å². The van der Waals surface area contributed by atoms with Gasteiger partial charge in [-0.25, -0.2) is 8.78 Å². The second kappa shape index (κ2) is 17.2. The molecular weight excluding hydrogens is 606 g/mol. The minimum atomic E-state index is -1.01. The molecule has 6 rings (SSSR count). The van der Waals surface area contributed by atoms with Gasteiger partial charge in [-0.1, -0.05) is 80.2 Å². The average molecular weight is 647 g/mol. The van der Waals surface area contributed by atoms with Crippen LogP contribution in [0.1, 0.15) is 72.2 Å². The molecule has 0 radical (unpaired) electrons. The normalized spacial score (nSPS) is 18.4. The molecule has 0 aromatic heterocycles. The van der Waals surface area contributed by atoms with Crippen LogP contribution in [0.3, 0.4) is 0 Å². The summed E-state index contributed by atoms with van der Waals surface area (Å²) in [6.45, 7) is 0.469. The van der Waals surface area contributed by atoms with Gasteiger partial charge >= 0.3 is 5.97 Å². The van der Waals surface area contributed by atoms with Gasteiger partial charge in [-0.3, -0.25) is 14.4 Å². The molecular formula is C37H40F2N2O6. The number of hydrogen-bond donors (Lipinski definition) is 3. The number of aliphatic hydroxyl groups is 1. The Morgan fingerprint density at radius 3 is 1.98 bits per heavy atom. The number of nitrogens with two attached hydrogens (primary N) is 1. The first kappa shape index (κ1) is 36.7.